The van der Waals surface area contributed by atoms with Gasteiger partial charge in [-0.15, -0.1) is 0 Å². The first-order chi connectivity index (χ1) is 7.68. The summed E-state index contributed by atoms with van der Waals surface area (Å²) in [5.41, 5.74) is 5.24. The van der Waals surface area contributed by atoms with Crippen LogP contribution in [-0.2, 0) is 4.74 Å². The molecule has 2 fully saturated rings. The van der Waals surface area contributed by atoms with Gasteiger partial charge in [0.15, 0.2) is 0 Å². The van der Waals surface area contributed by atoms with E-state index in [2.05, 4.69) is 0 Å². The number of hydrogen-bond donors (Lipinski definition) is 2. The molecule has 0 spiro atoms. The molecule has 2 saturated carbocycles. The number of aliphatic hydroxyl groups is 1. The summed E-state index contributed by atoms with van der Waals surface area (Å²) in [6.45, 7) is 0.601. The standard InChI is InChI=1S/C13H25NO2/c1-16-11-6-2-3-9-13(11,15)12(10-14)7-4-5-8-12/h11,15H,2-10,14H2,1H3. The zero-order chi connectivity index (χ0) is 11.6. The minimum atomic E-state index is -0.675. The summed E-state index contributed by atoms with van der Waals surface area (Å²) in [6, 6.07) is 0. The lowest BCUT2D eigenvalue weighted by molar-refractivity contribution is -0.184. The Labute approximate surface area is 98.4 Å². The summed E-state index contributed by atoms with van der Waals surface area (Å²) < 4.78 is 5.54. The molecular weight excluding hydrogens is 202 g/mol. The number of hydrogen-bond acceptors (Lipinski definition) is 3. The summed E-state index contributed by atoms with van der Waals surface area (Å²) >= 11 is 0. The van der Waals surface area contributed by atoms with Gasteiger partial charge in [0.2, 0.25) is 0 Å². The van der Waals surface area contributed by atoms with Crippen LogP contribution in [0.4, 0.5) is 0 Å². The molecule has 0 aliphatic heterocycles. The SMILES string of the molecule is COC1CCCCC1(O)C1(CN)CCCC1. The van der Waals surface area contributed by atoms with Crippen molar-refractivity contribution in [3.8, 4) is 0 Å². The Bertz CT molecular complexity index is 238. The van der Waals surface area contributed by atoms with Crippen LogP contribution in [0.3, 0.4) is 0 Å². The average molecular weight is 227 g/mol. The molecule has 0 heterocycles. The molecule has 2 rings (SSSR count). The van der Waals surface area contributed by atoms with Crippen LogP contribution >= 0.6 is 0 Å². The third kappa shape index (κ3) is 1.69. The summed E-state index contributed by atoms with van der Waals surface area (Å²) in [7, 11) is 1.72. The van der Waals surface area contributed by atoms with Crippen LogP contribution in [0.15, 0.2) is 0 Å². The van der Waals surface area contributed by atoms with Crippen LogP contribution in [0.2, 0.25) is 0 Å². The first-order valence-electron chi connectivity index (χ1n) is 6.64. The summed E-state index contributed by atoms with van der Waals surface area (Å²) in [6.07, 6.45) is 8.66. The van der Waals surface area contributed by atoms with E-state index in [-0.39, 0.29) is 11.5 Å². The maximum absolute atomic E-state index is 11.1. The third-order valence-electron chi connectivity index (χ3n) is 4.96. The van der Waals surface area contributed by atoms with E-state index in [1.807, 2.05) is 0 Å². The molecule has 0 radical (unpaired) electrons. The fourth-order valence-corrected chi connectivity index (χ4v) is 3.91. The van der Waals surface area contributed by atoms with E-state index in [4.69, 9.17) is 10.5 Å². The van der Waals surface area contributed by atoms with Crippen molar-refractivity contribution in [3.05, 3.63) is 0 Å². The van der Waals surface area contributed by atoms with Gasteiger partial charge in [0.05, 0.1) is 11.7 Å². The highest BCUT2D eigenvalue weighted by Crippen LogP contribution is 2.52. The van der Waals surface area contributed by atoms with Crippen LogP contribution in [0.25, 0.3) is 0 Å². The summed E-state index contributed by atoms with van der Waals surface area (Å²) in [5.74, 6) is 0. The molecule has 3 N–H and O–H groups in total. The van der Waals surface area contributed by atoms with E-state index in [9.17, 15) is 5.11 Å². The van der Waals surface area contributed by atoms with Crippen molar-refractivity contribution in [2.45, 2.75) is 63.1 Å². The fourth-order valence-electron chi connectivity index (χ4n) is 3.91. The number of ether oxygens (including phenoxy) is 1. The number of nitrogens with two attached hydrogens (primary N) is 1. The molecule has 0 aromatic carbocycles. The zero-order valence-electron chi connectivity index (χ0n) is 10.4. The molecule has 0 saturated heterocycles. The van der Waals surface area contributed by atoms with Gasteiger partial charge in [-0.2, -0.15) is 0 Å². The van der Waals surface area contributed by atoms with Crippen LogP contribution in [-0.4, -0.2) is 30.5 Å². The Morgan fingerprint density at radius 1 is 1.19 bits per heavy atom. The molecule has 2 aliphatic rings. The van der Waals surface area contributed by atoms with Crippen molar-refractivity contribution in [3.63, 3.8) is 0 Å². The Morgan fingerprint density at radius 2 is 1.81 bits per heavy atom. The van der Waals surface area contributed by atoms with E-state index < -0.39 is 5.60 Å². The first-order valence-corrected chi connectivity index (χ1v) is 6.64. The fraction of sp³-hybridized carbons (Fsp3) is 1.00. The smallest absolute Gasteiger partial charge is 0.0975 e. The molecule has 2 atom stereocenters. The van der Waals surface area contributed by atoms with E-state index in [1.54, 1.807) is 7.11 Å². The highest BCUT2D eigenvalue weighted by Gasteiger charge is 2.55. The molecule has 16 heavy (non-hydrogen) atoms. The van der Waals surface area contributed by atoms with Crippen LogP contribution < -0.4 is 5.73 Å². The molecule has 2 aliphatic carbocycles. The van der Waals surface area contributed by atoms with E-state index in [0.29, 0.717) is 6.54 Å². The quantitative estimate of drug-likeness (QED) is 0.773. The van der Waals surface area contributed by atoms with Gasteiger partial charge in [-0.1, -0.05) is 25.7 Å². The Morgan fingerprint density at radius 3 is 2.38 bits per heavy atom. The average Bonchev–Trinajstić information content (AvgIpc) is 2.80. The van der Waals surface area contributed by atoms with Gasteiger partial charge in [0, 0.05) is 19.1 Å². The second-order valence-electron chi connectivity index (χ2n) is 5.59. The lowest BCUT2D eigenvalue weighted by atomic mass is 9.62. The van der Waals surface area contributed by atoms with Crippen molar-refractivity contribution in [1.29, 1.82) is 0 Å². The second kappa shape index (κ2) is 4.63. The molecule has 0 aromatic rings. The zero-order valence-corrected chi connectivity index (χ0v) is 10.4. The van der Waals surface area contributed by atoms with Crippen LogP contribution in [0, 0.1) is 5.41 Å². The third-order valence-corrected chi connectivity index (χ3v) is 4.96. The van der Waals surface area contributed by atoms with Gasteiger partial charge in [-0.25, -0.2) is 0 Å². The molecule has 2 unspecified atom stereocenters. The topological polar surface area (TPSA) is 55.5 Å². The van der Waals surface area contributed by atoms with Crippen LogP contribution in [0.5, 0.6) is 0 Å². The van der Waals surface area contributed by atoms with Crippen molar-refractivity contribution in [2.24, 2.45) is 11.1 Å². The lowest BCUT2D eigenvalue weighted by Gasteiger charge is -2.51. The van der Waals surface area contributed by atoms with Crippen molar-refractivity contribution in [1.82, 2.24) is 0 Å². The van der Waals surface area contributed by atoms with Gasteiger partial charge in [-0.3, -0.25) is 0 Å². The highest BCUT2D eigenvalue weighted by molar-refractivity contribution is 5.07. The van der Waals surface area contributed by atoms with E-state index in [1.165, 1.54) is 19.3 Å². The minimum absolute atomic E-state index is 0.0112. The maximum atomic E-state index is 11.1. The Kier molecular flexibility index (Phi) is 3.57. The molecule has 0 bridgehead atoms. The van der Waals surface area contributed by atoms with Gasteiger partial charge in [-0.05, 0) is 25.7 Å². The normalized spacial score (nSPS) is 38.8. The van der Waals surface area contributed by atoms with Gasteiger partial charge >= 0.3 is 0 Å². The van der Waals surface area contributed by atoms with Gasteiger partial charge in [0.1, 0.15) is 0 Å². The first kappa shape index (κ1) is 12.3. The second-order valence-corrected chi connectivity index (χ2v) is 5.59. The van der Waals surface area contributed by atoms with Crippen molar-refractivity contribution < 1.29 is 9.84 Å². The Hall–Kier alpha value is -0.120. The molecule has 3 heteroatoms. The predicted molar refractivity (Wildman–Crippen MR) is 64.2 cm³/mol. The monoisotopic (exact) mass is 227 g/mol. The molecule has 0 amide bonds. The lowest BCUT2D eigenvalue weighted by Crippen LogP contribution is -2.60. The van der Waals surface area contributed by atoms with Gasteiger partial charge in [0.25, 0.3) is 0 Å². The Balaban J connectivity index is 2.25. The van der Waals surface area contributed by atoms with Crippen molar-refractivity contribution in [2.75, 3.05) is 13.7 Å². The predicted octanol–water partition coefficient (Wildman–Crippen LogP) is 1.83. The maximum Gasteiger partial charge on any atom is 0.0975 e. The minimum Gasteiger partial charge on any atom is -0.387 e. The van der Waals surface area contributed by atoms with E-state index >= 15 is 0 Å². The van der Waals surface area contributed by atoms with Gasteiger partial charge < -0.3 is 15.6 Å². The molecule has 94 valence electrons. The molecular formula is C13H25NO2. The number of methoxy groups -OCH3 is 1. The number of rotatable bonds is 3. The summed E-state index contributed by atoms with van der Waals surface area (Å²) in [4.78, 5) is 0. The highest BCUT2D eigenvalue weighted by atomic mass is 16.5. The molecule has 0 aromatic heterocycles. The molecule has 3 nitrogen and oxygen atoms in total. The summed E-state index contributed by atoms with van der Waals surface area (Å²) in [5, 5.41) is 11.1. The van der Waals surface area contributed by atoms with Crippen molar-refractivity contribution >= 4 is 0 Å². The van der Waals surface area contributed by atoms with Crippen LogP contribution in [0.1, 0.15) is 51.4 Å². The largest absolute Gasteiger partial charge is 0.387 e. The van der Waals surface area contributed by atoms with E-state index in [0.717, 1.165) is 32.1 Å².